The van der Waals surface area contributed by atoms with E-state index in [1.807, 2.05) is 12.1 Å². The van der Waals surface area contributed by atoms with Gasteiger partial charge in [0.25, 0.3) is 0 Å². The van der Waals surface area contributed by atoms with E-state index in [1.54, 1.807) is 0 Å². The molecule has 2 saturated carbocycles. The van der Waals surface area contributed by atoms with Crippen LogP contribution in [0.4, 0.5) is 0 Å². The van der Waals surface area contributed by atoms with Gasteiger partial charge in [-0.3, -0.25) is 0 Å². The summed E-state index contributed by atoms with van der Waals surface area (Å²) < 4.78 is 0. The fourth-order valence-electron chi connectivity index (χ4n) is 5.23. The summed E-state index contributed by atoms with van der Waals surface area (Å²) in [4.78, 5) is 0. The molecule has 136 valence electrons. The Kier molecular flexibility index (Phi) is 6.39. The number of hydrogen-bond donors (Lipinski definition) is 1. The summed E-state index contributed by atoms with van der Waals surface area (Å²) in [6, 6.07) is 6.22. The fraction of sp³-hybridized carbons (Fsp3) is 0.583. The summed E-state index contributed by atoms with van der Waals surface area (Å²) in [6.07, 6.45) is 17.1. The van der Waals surface area contributed by atoms with Crippen LogP contribution in [-0.4, -0.2) is 5.11 Å². The third-order valence-corrected chi connectivity index (χ3v) is 6.77. The monoisotopic (exact) mass is 338 g/mol. The second-order valence-corrected chi connectivity index (χ2v) is 8.30. The van der Waals surface area contributed by atoms with Gasteiger partial charge >= 0.3 is 0 Å². The van der Waals surface area contributed by atoms with Gasteiger partial charge in [0, 0.05) is 0 Å². The molecule has 0 atom stereocenters. The maximum Gasteiger partial charge on any atom is 0.119 e. The molecule has 1 nitrogen and oxygen atoms in total. The Morgan fingerprint density at radius 2 is 1.52 bits per heavy atom. The van der Waals surface area contributed by atoms with Crippen molar-refractivity contribution in [2.75, 3.05) is 0 Å². The van der Waals surface area contributed by atoms with E-state index in [2.05, 4.69) is 31.4 Å². The minimum atomic E-state index is 0.411. The van der Waals surface area contributed by atoms with Crippen LogP contribution in [-0.2, 0) is 6.42 Å². The molecule has 0 aromatic heterocycles. The average Bonchev–Trinajstić information content (AvgIpc) is 2.65. The molecular weight excluding hydrogens is 304 g/mol. The normalized spacial score (nSPS) is 29.9. The molecule has 2 aliphatic rings. The van der Waals surface area contributed by atoms with Crippen LogP contribution in [0.5, 0.6) is 5.75 Å². The fourth-order valence-corrected chi connectivity index (χ4v) is 5.23. The minimum Gasteiger partial charge on any atom is -0.508 e. The molecule has 1 aromatic carbocycles. The summed E-state index contributed by atoms with van der Waals surface area (Å²) in [5.74, 6) is 3.92. The Morgan fingerprint density at radius 3 is 2.12 bits per heavy atom. The van der Waals surface area contributed by atoms with Gasteiger partial charge in [0.05, 0.1) is 0 Å². The van der Waals surface area contributed by atoms with Crippen LogP contribution in [0, 0.1) is 17.8 Å². The van der Waals surface area contributed by atoms with Gasteiger partial charge < -0.3 is 5.11 Å². The zero-order valence-electron chi connectivity index (χ0n) is 15.6. The summed E-state index contributed by atoms with van der Waals surface area (Å²) >= 11 is 0. The molecule has 0 amide bonds. The molecule has 1 heteroatoms. The van der Waals surface area contributed by atoms with Crippen molar-refractivity contribution in [3.63, 3.8) is 0 Å². The molecule has 3 rings (SSSR count). The zero-order chi connectivity index (χ0) is 17.6. The average molecular weight is 339 g/mol. The first-order valence-electron chi connectivity index (χ1n) is 10.2. The van der Waals surface area contributed by atoms with Gasteiger partial charge in [-0.05, 0) is 105 Å². The van der Waals surface area contributed by atoms with Gasteiger partial charge in [-0.2, -0.15) is 0 Å². The van der Waals surface area contributed by atoms with Crippen LogP contribution in [0.3, 0.4) is 0 Å². The maximum absolute atomic E-state index is 9.98. The first-order chi connectivity index (χ1) is 12.2. The lowest BCUT2D eigenvalue weighted by atomic mass is 9.68. The third-order valence-electron chi connectivity index (χ3n) is 6.77. The molecule has 0 spiro atoms. The molecule has 0 bridgehead atoms. The van der Waals surface area contributed by atoms with E-state index >= 15 is 0 Å². The zero-order valence-corrected chi connectivity index (χ0v) is 15.6. The number of hydrogen-bond acceptors (Lipinski definition) is 1. The minimum absolute atomic E-state index is 0.411. The maximum atomic E-state index is 9.98. The third kappa shape index (κ3) is 4.57. The van der Waals surface area contributed by atoms with Crippen molar-refractivity contribution in [2.45, 2.75) is 70.1 Å². The van der Waals surface area contributed by atoms with E-state index in [-0.39, 0.29) is 0 Å². The van der Waals surface area contributed by atoms with Gasteiger partial charge in [-0.1, -0.05) is 24.3 Å². The van der Waals surface area contributed by atoms with Gasteiger partial charge in [0.15, 0.2) is 0 Å². The lowest BCUT2D eigenvalue weighted by Gasteiger charge is -2.38. The van der Waals surface area contributed by atoms with Crippen LogP contribution in [0.2, 0.25) is 0 Å². The highest BCUT2D eigenvalue weighted by Gasteiger charge is 2.31. The summed E-state index contributed by atoms with van der Waals surface area (Å²) in [7, 11) is 0. The lowest BCUT2D eigenvalue weighted by Crippen LogP contribution is -2.25. The SMILES string of the molecule is C=CCc1cc(C2CCC(C3CCC(CC=C)CC3)CC2)ccc1O. The second kappa shape index (κ2) is 8.74. The van der Waals surface area contributed by atoms with Gasteiger partial charge in [-0.25, -0.2) is 0 Å². The molecule has 1 aromatic rings. The highest BCUT2D eigenvalue weighted by Crippen LogP contribution is 2.44. The Balaban J connectivity index is 1.53. The Hall–Kier alpha value is -1.50. The van der Waals surface area contributed by atoms with Crippen LogP contribution in [0.25, 0.3) is 0 Å². The summed E-state index contributed by atoms with van der Waals surface area (Å²) in [5, 5.41) is 9.98. The predicted octanol–water partition coefficient (Wildman–Crippen LogP) is 6.78. The predicted molar refractivity (Wildman–Crippen MR) is 107 cm³/mol. The molecule has 1 N–H and O–H groups in total. The van der Waals surface area contributed by atoms with E-state index in [4.69, 9.17) is 0 Å². The van der Waals surface area contributed by atoms with Gasteiger partial charge in [-0.15, -0.1) is 13.2 Å². The van der Waals surface area contributed by atoms with Crippen molar-refractivity contribution in [2.24, 2.45) is 17.8 Å². The Bertz CT molecular complexity index is 572. The number of aromatic hydroxyl groups is 1. The number of phenols is 1. The summed E-state index contributed by atoms with van der Waals surface area (Å²) in [6.45, 7) is 7.70. The molecule has 0 unspecified atom stereocenters. The van der Waals surface area contributed by atoms with E-state index in [0.29, 0.717) is 11.7 Å². The number of rotatable bonds is 6. The topological polar surface area (TPSA) is 20.2 Å². The van der Waals surface area contributed by atoms with Gasteiger partial charge in [0.1, 0.15) is 5.75 Å². The highest BCUT2D eigenvalue weighted by molar-refractivity contribution is 5.38. The van der Waals surface area contributed by atoms with Crippen LogP contribution >= 0.6 is 0 Å². The van der Waals surface area contributed by atoms with Crippen molar-refractivity contribution in [3.05, 3.63) is 54.6 Å². The quantitative estimate of drug-likeness (QED) is 0.567. The van der Waals surface area contributed by atoms with Crippen LogP contribution in [0.1, 0.15) is 74.8 Å². The highest BCUT2D eigenvalue weighted by atomic mass is 16.3. The van der Waals surface area contributed by atoms with Crippen LogP contribution < -0.4 is 0 Å². The Morgan fingerprint density at radius 1 is 0.880 bits per heavy atom. The Labute approximate surface area is 153 Å². The van der Waals surface area contributed by atoms with Crippen molar-refractivity contribution < 1.29 is 5.11 Å². The molecular formula is C24H34O. The smallest absolute Gasteiger partial charge is 0.119 e. The number of phenolic OH excluding ortho intramolecular Hbond substituents is 1. The first kappa shape index (κ1) is 18.3. The van der Waals surface area contributed by atoms with Gasteiger partial charge in [0.2, 0.25) is 0 Å². The summed E-state index contributed by atoms with van der Waals surface area (Å²) in [5.41, 5.74) is 2.44. The number of allylic oxidation sites excluding steroid dienone is 2. The first-order valence-corrected chi connectivity index (χ1v) is 10.2. The van der Waals surface area contributed by atoms with Crippen LogP contribution in [0.15, 0.2) is 43.5 Å². The molecule has 0 aliphatic heterocycles. The van der Waals surface area contributed by atoms with Crippen molar-refractivity contribution in [3.8, 4) is 5.75 Å². The van der Waals surface area contributed by atoms with E-state index in [0.717, 1.165) is 29.7 Å². The molecule has 2 aliphatic carbocycles. The standard InChI is InChI=1S/C24H34O/c1-3-5-18-7-9-19(10-8-18)20-11-13-21(14-12-20)22-15-16-24(25)23(17-22)6-4-2/h3-4,15-21,25H,1-2,5-14H2. The molecule has 2 fully saturated rings. The van der Waals surface area contributed by atoms with Crippen molar-refractivity contribution in [1.29, 1.82) is 0 Å². The van der Waals surface area contributed by atoms with E-state index in [9.17, 15) is 5.11 Å². The van der Waals surface area contributed by atoms with Crippen molar-refractivity contribution >= 4 is 0 Å². The van der Waals surface area contributed by atoms with E-state index in [1.165, 1.54) is 63.4 Å². The molecule has 0 saturated heterocycles. The number of benzene rings is 1. The lowest BCUT2D eigenvalue weighted by molar-refractivity contribution is 0.160. The van der Waals surface area contributed by atoms with Crippen molar-refractivity contribution in [1.82, 2.24) is 0 Å². The molecule has 0 heterocycles. The second-order valence-electron chi connectivity index (χ2n) is 8.30. The van der Waals surface area contributed by atoms with E-state index < -0.39 is 0 Å². The molecule has 0 radical (unpaired) electrons. The molecule has 25 heavy (non-hydrogen) atoms. The largest absolute Gasteiger partial charge is 0.508 e.